The molecule has 1 aromatic rings. The molecule has 5 rings (SSSR count). The fraction of sp³-hybridized carbons (Fsp3) is 0.789. The van der Waals surface area contributed by atoms with Gasteiger partial charge in [-0.25, -0.2) is 4.98 Å². The summed E-state index contributed by atoms with van der Waals surface area (Å²) in [5, 5.41) is 1.08. The van der Waals surface area contributed by atoms with Gasteiger partial charge in [-0.15, -0.1) is 11.3 Å². The highest BCUT2D eigenvalue weighted by atomic mass is 32.1. The molecule has 1 atom stereocenters. The number of aryl methyl sites for hydroxylation is 1. The SMILES string of the molecule is Cc1nc(C(C)C)sc1C(=O)N1CCN([C@H]2CN3CCC2CC3)CC1. The molecule has 0 unspecified atom stereocenters. The lowest BCUT2D eigenvalue weighted by atomic mass is 9.83. The van der Waals surface area contributed by atoms with Gasteiger partial charge in [0.2, 0.25) is 0 Å². The van der Waals surface area contributed by atoms with Crippen molar-refractivity contribution < 1.29 is 4.79 Å². The zero-order valence-electron chi connectivity index (χ0n) is 15.7. The van der Waals surface area contributed by atoms with Crippen LogP contribution in [0.1, 0.15) is 53.0 Å². The zero-order valence-corrected chi connectivity index (χ0v) is 16.5. The third-order valence-corrected chi connectivity index (χ3v) is 7.64. The number of thiazole rings is 1. The van der Waals surface area contributed by atoms with Gasteiger partial charge in [0.1, 0.15) is 4.88 Å². The Hall–Kier alpha value is -0.980. The smallest absolute Gasteiger partial charge is 0.265 e. The van der Waals surface area contributed by atoms with Gasteiger partial charge in [0.15, 0.2) is 0 Å². The number of carbonyl (C=O) groups is 1. The Morgan fingerprint density at radius 1 is 1.12 bits per heavy atom. The number of fused-ring (bicyclic) bond motifs is 3. The van der Waals surface area contributed by atoms with Crippen molar-refractivity contribution in [2.24, 2.45) is 5.92 Å². The molecule has 0 radical (unpaired) electrons. The Kier molecular flexibility index (Phi) is 4.86. The van der Waals surface area contributed by atoms with E-state index < -0.39 is 0 Å². The van der Waals surface area contributed by atoms with E-state index in [0.29, 0.717) is 5.92 Å². The summed E-state index contributed by atoms with van der Waals surface area (Å²) in [4.78, 5) is 25.7. The lowest BCUT2D eigenvalue weighted by Crippen LogP contribution is -2.61. The second-order valence-corrected chi connectivity index (χ2v) is 9.19. The number of piperidine rings is 3. The molecule has 5 heterocycles. The number of rotatable bonds is 3. The maximum Gasteiger partial charge on any atom is 0.265 e. The number of nitrogens with zero attached hydrogens (tertiary/aromatic N) is 4. The molecule has 6 heteroatoms. The largest absolute Gasteiger partial charge is 0.335 e. The highest BCUT2D eigenvalue weighted by Crippen LogP contribution is 2.32. The van der Waals surface area contributed by atoms with E-state index in [2.05, 4.69) is 28.6 Å². The topological polar surface area (TPSA) is 39.7 Å². The van der Waals surface area contributed by atoms with Crippen LogP contribution in [-0.2, 0) is 0 Å². The normalized spacial score (nSPS) is 30.2. The number of piperazine rings is 1. The first-order valence-electron chi connectivity index (χ1n) is 9.76. The molecular weight excluding hydrogens is 332 g/mol. The molecule has 4 aliphatic rings. The molecule has 4 aliphatic heterocycles. The molecule has 1 aromatic heterocycles. The zero-order chi connectivity index (χ0) is 17.6. The first-order chi connectivity index (χ1) is 12.0. The Balaban J connectivity index is 1.38. The molecule has 25 heavy (non-hydrogen) atoms. The predicted octanol–water partition coefficient (Wildman–Crippen LogP) is 2.43. The van der Waals surface area contributed by atoms with E-state index in [1.54, 1.807) is 11.3 Å². The molecule has 0 saturated carbocycles. The van der Waals surface area contributed by atoms with Crippen molar-refractivity contribution in [3.63, 3.8) is 0 Å². The van der Waals surface area contributed by atoms with E-state index >= 15 is 0 Å². The van der Waals surface area contributed by atoms with E-state index in [1.807, 2.05) is 11.8 Å². The fourth-order valence-corrected chi connectivity index (χ4v) is 5.65. The van der Waals surface area contributed by atoms with Gasteiger partial charge >= 0.3 is 0 Å². The van der Waals surface area contributed by atoms with E-state index in [9.17, 15) is 4.79 Å². The minimum Gasteiger partial charge on any atom is -0.335 e. The van der Waals surface area contributed by atoms with Crippen molar-refractivity contribution in [3.8, 4) is 0 Å². The molecule has 138 valence electrons. The van der Waals surface area contributed by atoms with Crippen LogP contribution in [0.2, 0.25) is 0 Å². The summed E-state index contributed by atoms with van der Waals surface area (Å²) in [6.45, 7) is 13.8. The van der Waals surface area contributed by atoms with Crippen molar-refractivity contribution in [1.82, 2.24) is 19.7 Å². The van der Waals surface area contributed by atoms with Gasteiger partial charge in [0.25, 0.3) is 5.91 Å². The summed E-state index contributed by atoms with van der Waals surface area (Å²) in [7, 11) is 0. The molecule has 0 N–H and O–H groups in total. The van der Waals surface area contributed by atoms with Crippen LogP contribution in [0, 0.1) is 12.8 Å². The van der Waals surface area contributed by atoms with E-state index in [4.69, 9.17) is 0 Å². The van der Waals surface area contributed by atoms with Crippen molar-refractivity contribution in [2.45, 2.75) is 45.6 Å². The quantitative estimate of drug-likeness (QED) is 0.828. The van der Waals surface area contributed by atoms with Crippen molar-refractivity contribution in [3.05, 3.63) is 15.6 Å². The monoisotopic (exact) mass is 362 g/mol. The van der Waals surface area contributed by atoms with Crippen molar-refractivity contribution >= 4 is 17.2 Å². The van der Waals surface area contributed by atoms with Crippen LogP contribution >= 0.6 is 11.3 Å². The van der Waals surface area contributed by atoms with Gasteiger partial charge in [0, 0.05) is 44.7 Å². The van der Waals surface area contributed by atoms with Crippen LogP contribution in [0.5, 0.6) is 0 Å². The molecular formula is C19H30N4OS. The molecule has 0 spiro atoms. The van der Waals surface area contributed by atoms with Gasteiger partial charge in [-0.3, -0.25) is 9.69 Å². The van der Waals surface area contributed by atoms with Crippen molar-refractivity contribution in [1.29, 1.82) is 0 Å². The first kappa shape index (κ1) is 17.4. The second kappa shape index (κ2) is 6.97. The number of hydrogen-bond donors (Lipinski definition) is 0. The third-order valence-electron chi connectivity index (χ3n) is 6.19. The Labute approximate surface area is 155 Å². The van der Waals surface area contributed by atoms with Crippen LogP contribution in [0.15, 0.2) is 0 Å². The van der Waals surface area contributed by atoms with Crippen LogP contribution in [0.3, 0.4) is 0 Å². The summed E-state index contributed by atoms with van der Waals surface area (Å²) in [5.41, 5.74) is 0.901. The van der Waals surface area contributed by atoms with Crippen molar-refractivity contribution in [2.75, 3.05) is 45.8 Å². The van der Waals surface area contributed by atoms with Gasteiger partial charge in [0.05, 0.1) is 10.7 Å². The maximum atomic E-state index is 12.9. The van der Waals surface area contributed by atoms with Crippen LogP contribution in [0.4, 0.5) is 0 Å². The molecule has 0 aliphatic carbocycles. The highest BCUT2D eigenvalue weighted by molar-refractivity contribution is 7.13. The Morgan fingerprint density at radius 3 is 2.32 bits per heavy atom. The fourth-order valence-electron chi connectivity index (χ4n) is 4.61. The lowest BCUT2D eigenvalue weighted by Gasteiger charge is -2.51. The molecule has 0 aromatic carbocycles. The standard InChI is InChI=1S/C19H30N4OS/c1-13(2)18-20-14(3)17(25-18)19(24)23-10-8-22(9-11-23)16-12-21-6-4-15(16)5-7-21/h13,15-16H,4-12H2,1-3H3/t16-/m0/s1. The maximum absolute atomic E-state index is 12.9. The molecule has 4 fully saturated rings. The average molecular weight is 363 g/mol. The van der Waals surface area contributed by atoms with E-state index in [1.165, 1.54) is 32.5 Å². The summed E-state index contributed by atoms with van der Waals surface area (Å²) >= 11 is 1.59. The lowest BCUT2D eigenvalue weighted by molar-refractivity contribution is -0.0130. The van der Waals surface area contributed by atoms with E-state index in [0.717, 1.165) is 53.7 Å². The summed E-state index contributed by atoms with van der Waals surface area (Å²) in [6, 6.07) is 0.720. The average Bonchev–Trinajstić information content (AvgIpc) is 3.04. The molecule has 4 saturated heterocycles. The summed E-state index contributed by atoms with van der Waals surface area (Å²) in [5.74, 6) is 1.46. The molecule has 5 nitrogen and oxygen atoms in total. The minimum absolute atomic E-state index is 0.190. The van der Waals surface area contributed by atoms with Crippen LogP contribution in [-0.4, -0.2) is 77.4 Å². The number of carbonyl (C=O) groups excluding carboxylic acids is 1. The predicted molar refractivity (Wildman–Crippen MR) is 101 cm³/mol. The van der Waals surface area contributed by atoms with Gasteiger partial charge < -0.3 is 9.80 Å². The summed E-state index contributed by atoms with van der Waals surface area (Å²) in [6.07, 6.45) is 2.73. The number of aromatic nitrogens is 1. The van der Waals surface area contributed by atoms with Crippen LogP contribution < -0.4 is 0 Å². The highest BCUT2D eigenvalue weighted by Gasteiger charge is 2.38. The van der Waals surface area contributed by atoms with Gasteiger partial charge in [-0.1, -0.05) is 13.8 Å². The Bertz CT molecular complexity index is 627. The second-order valence-electron chi connectivity index (χ2n) is 8.15. The summed E-state index contributed by atoms with van der Waals surface area (Å²) < 4.78 is 0. The first-order valence-corrected chi connectivity index (χ1v) is 10.6. The molecule has 2 bridgehead atoms. The van der Waals surface area contributed by atoms with E-state index in [-0.39, 0.29) is 5.91 Å². The van der Waals surface area contributed by atoms with Crippen LogP contribution in [0.25, 0.3) is 0 Å². The third kappa shape index (κ3) is 3.36. The number of hydrogen-bond acceptors (Lipinski definition) is 5. The minimum atomic E-state index is 0.190. The van der Waals surface area contributed by atoms with Gasteiger partial charge in [-0.2, -0.15) is 0 Å². The molecule has 1 amide bonds. The number of amides is 1. The van der Waals surface area contributed by atoms with Gasteiger partial charge in [-0.05, 0) is 38.8 Å². The Morgan fingerprint density at radius 2 is 1.80 bits per heavy atom.